The van der Waals surface area contributed by atoms with Gasteiger partial charge in [0.2, 0.25) is 0 Å². The van der Waals surface area contributed by atoms with Crippen LogP contribution in [0.3, 0.4) is 0 Å². The van der Waals surface area contributed by atoms with Gasteiger partial charge in [0.25, 0.3) is 0 Å². The Morgan fingerprint density at radius 1 is 1.47 bits per heavy atom. The Bertz CT molecular complexity index is 430. The molecule has 3 N–H and O–H groups in total. The number of carbonyl (C=O) groups is 1. The molecule has 0 heterocycles. The summed E-state index contributed by atoms with van der Waals surface area (Å²) in [4.78, 5) is 11.6. The van der Waals surface area contributed by atoms with E-state index in [1.807, 2.05) is 0 Å². The molecule has 1 amide bonds. The number of nitrogens with one attached hydrogen (secondary N) is 1. The molecule has 1 unspecified atom stereocenters. The van der Waals surface area contributed by atoms with E-state index in [0.717, 1.165) is 0 Å². The van der Waals surface area contributed by atoms with Crippen LogP contribution in [0.4, 0.5) is 14.9 Å². The lowest BCUT2D eigenvalue weighted by Gasteiger charge is -2.20. The minimum Gasteiger partial charge on any atom is -0.444 e. The smallest absolute Gasteiger partial charge is 0.412 e. The molecule has 0 saturated heterocycles. The van der Waals surface area contributed by atoms with Crippen molar-refractivity contribution in [3.63, 3.8) is 0 Å². The number of nitrogens with two attached hydrogens (primary N) is 1. The first-order chi connectivity index (χ1) is 8.81. The van der Waals surface area contributed by atoms with Crippen LogP contribution in [-0.4, -0.2) is 18.2 Å². The number of rotatable bonds is 4. The maximum absolute atomic E-state index is 13.7. The molecule has 1 atom stereocenters. The molecule has 0 aliphatic rings. The average Bonchev–Trinajstić information content (AvgIpc) is 2.27. The second-order valence-corrected chi connectivity index (χ2v) is 5.30. The first kappa shape index (κ1) is 15.4. The van der Waals surface area contributed by atoms with Crippen molar-refractivity contribution in [3.8, 4) is 0 Å². The molecule has 1 aromatic rings. The summed E-state index contributed by atoms with van der Waals surface area (Å²) in [6.45, 7) is 5.62. The van der Waals surface area contributed by atoms with Gasteiger partial charge in [0.1, 0.15) is 11.8 Å². The molecule has 0 aliphatic heterocycles. The number of alkyl halides is 1. The number of carbonyl (C=O) groups excluding carboxylic acids is 1. The highest BCUT2D eigenvalue weighted by Crippen LogP contribution is 2.23. The SMILES string of the molecule is CC(C)(C)OC(=O)Nc1cccc(C(F)CCN)c1. The zero-order valence-corrected chi connectivity index (χ0v) is 11.6. The van der Waals surface area contributed by atoms with E-state index < -0.39 is 17.9 Å². The summed E-state index contributed by atoms with van der Waals surface area (Å²) in [6, 6.07) is 6.62. The van der Waals surface area contributed by atoms with E-state index in [-0.39, 0.29) is 13.0 Å². The predicted molar refractivity (Wildman–Crippen MR) is 73.8 cm³/mol. The second kappa shape index (κ2) is 6.52. The van der Waals surface area contributed by atoms with Gasteiger partial charge in [-0.05, 0) is 51.4 Å². The highest BCUT2D eigenvalue weighted by molar-refractivity contribution is 5.84. The molecule has 1 aromatic carbocycles. The Hall–Kier alpha value is -1.62. The van der Waals surface area contributed by atoms with Crippen LogP contribution < -0.4 is 11.1 Å². The summed E-state index contributed by atoms with van der Waals surface area (Å²) in [7, 11) is 0. The largest absolute Gasteiger partial charge is 0.444 e. The third-order valence-corrected chi connectivity index (χ3v) is 2.31. The molecule has 4 nitrogen and oxygen atoms in total. The number of benzene rings is 1. The maximum atomic E-state index is 13.7. The Labute approximate surface area is 113 Å². The molecule has 0 bridgehead atoms. The van der Waals surface area contributed by atoms with E-state index in [1.165, 1.54) is 0 Å². The van der Waals surface area contributed by atoms with Gasteiger partial charge in [0, 0.05) is 5.69 Å². The van der Waals surface area contributed by atoms with E-state index >= 15 is 0 Å². The van der Waals surface area contributed by atoms with Gasteiger partial charge >= 0.3 is 6.09 Å². The molecule has 5 heteroatoms. The summed E-state index contributed by atoms with van der Waals surface area (Å²) >= 11 is 0. The van der Waals surface area contributed by atoms with Crippen molar-refractivity contribution in [3.05, 3.63) is 29.8 Å². The predicted octanol–water partition coefficient (Wildman–Crippen LogP) is 3.39. The van der Waals surface area contributed by atoms with Crippen molar-refractivity contribution >= 4 is 11.8 Å². The van der Waals surface area contributed by atoms with Crippen molar-refractivity contribution in [2.45, 2.75) is 39.0 Å². The van der Waals surface area contributed by atoms with Gasteiger partial charge in [-0.15, -0.1) is 0 Å². The van der Waals surface area contributed by atoms with Crippen LogP contribution in [0.25, 0.3) is 0 Å². The van der Waals surface area contributed by atoms with Crippen molar-refractivity contribution in [1.82, 2.24) is 0 Å². The van der Waals surface area contributed by atoms with Crippen molar-refractivity contribution in [1.29, 1.82) is 0 Å². The number of amides is 1. The molecule has 0 spiro atoms. The molecule has 0 radical (unpaired) electrons. The van der Waals surface area contributed by atoms with Gasteiger partial charge < -0.3 is 10.5 Å². The number of hydrogen-bond donors (Lipinski definition) is 2. The van der Waals surface area contributed by atoms with Crippen LogP contribution in [-0.2, 0) is 4.74 Å². The summed E-state index contributed by atoms with van der Waals surface area (Å²) in [5, 5.41) is 2.58. The Kier molecular flexibility index (Phi) is 5.30. The highest BCUT2D eigenvalue weighted by atomic mass is 19.1. The minimum absolute atomic E-state index is 0.260. The average molecular weight is 268 g/mol. The quantitative estimate of drug-likeness (QED) is 0.879. The lowest BCUT2D eigenvalue weighted by molar-refractivity contribution is 0.0636. The molecule has 19 heavy (non-hydrogen) atoms. The number of halogens is 1. The summed E-state index contributed by atoms with van der Waals surface area (Å²) in [5.74, 6) is 0. The fourth-order valence-corrected chi connectivity index (χ4v) is 1.55. The number of hydrogen-bond acceptors (Lipinski definition) is 3. The third-order valence-electron chi connectivity index (χ3n) is 2.31. The molecular weight excluding hydrogens is 247 g/mol. The standard InChI is InChI=1S/C14H21FN2O2/c1-14(2,3)19-13(18)17-11-6-4-5-10(9-11)12(15)7-8-16/h4-6,9,12H,7-8,16H2,1-3H3,(H,17,18). The van der Waals surface area contributed by atoms with Crippen LogP contribution in [0.15, 0.2) is 24.3 Å². The van der Waals surface area contributed by atoms with Crippen molar-refractivity contribution in [2.75, 3.05) is 11.9 Å². The summed E-state index contributed by atoms with van der Waals surface area (Å²) < 4.78 is 18.8. The highest BCUT2D eigenvalue weighted by Gasteiger charge is 2.16. The third kappa shape index (κ3) is 5.70. The van der Waals surface area contributed by atoms with Gasteiger partial charge in [0.15, 0.2) is 0 Å². The van der Waals surface area contributed by atoms with Crippen LogP contribution in [0.5, 0.6) is 0 Å². The first-order valence-corrected chi connectivity index (χ1v) is 6.26. The Morgan fingerprint density at radius 2 is 2.16 bits per heavy atom. The van der Waals surface area contributed by atoms with E-state index in [0.29, 0.717) is 11.3 Å². The molecule has 0 aromatic heterocycles. The lowest BCUT2D eigenvalue weighted by atomic mass is 10.1. The van der Waals surface area contributed by atoms with Crippen LogP contribution >= 0.6 is 0 Å². The zero-order chi connectivity index (χ0) is 14.5. The maximum Gasteiger partial charge on any atom is 0.412 e. The molecule has 0 aliphatic carbocycles. The molecular formula is C14H21FN2O2. The molecule has 0 saturated carbocycles. The number of ether oxygens (including phenoxy) is 1. The van der Waals surface area contributed by atoms with E-state index in [9.17, 15) is 9.18 Å². The lowest BCUT2D eigenvalue weighted by Crippen LogP contribution is -2.27. The fourth-order valence-electron chi connectivity index (χ4n) is 1.55. The molecule has 0 fully saturated rings. The monoisotopic (exact) mass is 268 g/mol. The van der Waals surface area contributed by atoms with Crippen LogP contribution in [0.2, 0.25) is 0 Å². The van der Waals surface area contributed by atoms with Gasteiger partial charge in [-0.3, -0.25) is 5.32 Å². The summed E-state index contributed by atoms with van der Waals surface area (Å²) in [5.41, 5.74) is 5.76. The topological polar surface area (TPSA) is 64.3 Å². The summed E-state index contributed by atoms with van der Waals surface area (Å²) in [6.07, 6.45) is -1.42. The van der Waals surface area contributed by atoms with Crippen molar-refractivity contribution in [2.24, 2.45) is 5.73 Å². The second-order valence-electron chi connectivity index (χ2n) is 5.30. The fraction of sp³-hybridized carbons (Fsp3) is 0.500. The van der Waals surface area contributed by atoms with E-state index in [2.05, 4.69) is 5.32 Å². The Balaban J connectivity index is 2.69. The minimum atomic E-state index is -1.12. The Morgan fingerprint density at radius 3 is 2.74 bits per heavy atom. The normalized spacial score (nSPS) is 12.9. The molecule has 1 rings (SSSR count). The van der Waals surface area contributed by atoms with Crippen LogP contribution in [0, 0.1) is 0 Å². The van der Waals surface area contributed by atoms with Gasteiger partial charge in [-0.2, -0.15) is 0 Å². The first-order valence-electron chi connectivity index (χ1n) is 6.26. The van der Waals surface area contributed by atoms with E-state index in [1.54, 1.807) is 45.0 Å². The van der Waals surface area contributed by atoms with Gasteiger partial charge in [-0.25, -0.2) is 9.18 Å². The zero-order valence-electron chi connectivity index (χ0n) is 11.6. The number of anilines is 1. The van der Waals surface area contributed by atoms with Crippen molar-refractivity contribution < 1.29 is 13.9 Å². The van der Waals surface area contributed by atoms with E-state index in [4.69, 9.17) is 10.5 Å². The van der Waals surface area contributed by atoms with Crippen LogP contribution in [0.1, 0.15) is 38.9 Å². The van der Waals surface area contributed by atoms with Gasteiger partial charge in [-0.1, -0.05) is 12.1 Å². The molecule has 106 valence electrons. The van der Waals surface area contributed by atoms with Gasteiger partial charge in [0.05, 0.1) is 0 Å².